The number of nitrogens with zero attached hydrogens (tertiary/aromatic N) is 1. The van der Waals surface area contributed by atoms with Crippen molar-refractivity contribution in [1.29, 1.82) is 0 Å². The Morgan fingerprint density at radius 2 is 1.97 bits per heavy atom. The maximum absolute atomic E-state index is 13.0. The van der Waals surface area contributed by atoms with E-state index in [-0.39, 0.29) is 18.6 Å². The van der Waals surface area contributed by atoms with Crippen LogP contribution in [0.3, 0.4) is 0 Å². The predicted molar refractivity (Wildman–Crippen MR) is 115 cm³/mol. The Morgan fingerprint density at radius 1 is 1.20 bits per heavy atom. The van der Waals surface area contributed by atoms with E-state index in [1.165, 1.54) is 4.90 Å². The van der Waals surface area contributed by atoms with E-state index >= 15 is 0 Å². The molecule has 0 saturated carbocycles. The summed E-state index contributed by atoms with van der Waals surface area (Å²) in [6, 6.07) is 14.7. The van der Waals surface area contributed by atoms with Gasteiger partial charge in [-0.15, -0.1) is 0 Å². The first-order chi connectivity index (χ1) is 14.5. The summed E-state index contributed by atoms with van der Waals surface area (Å²) in [6.07, 6.45) is 0.960. The van der Waals surface area contributed by atoms with E-state index in [0.717, 1.165) is 28.9 Å². The van der Waals surface area contributed by atoms with Crippen molar-refractivity contribution >= 4 is 12.0 Å². The van der Waals surface area contributed by atoms with E-state index in [2.05, 4.69) is 5.32 Å². The van der Waals surface area contributed by atoms with Gasteiger partial charge >= 0.3 is 6.09 Å². The minimum Gasteiger partial charge on any atom is -0.494 e. The van der Waals surface area contributed by atoms with Crippen molar-refractivity contribution in [3.63, 3.8) is 0 Å². The summed E-state index contributed by atoms with van der Waals surface area (Å²) >= 11 is 0. The average Bonchev–Trinajstić information content (AvgIpc) is 3.24. The summed E-state index contributed by atoms with van der Waals surface area (Å²) in [6.45, 7) is 7.15. The molecule has 6 nitrogen and oxygen atoms in total. The van der Waals surface area contributed by atoms with Gasteiger partial charge in [0.1, 0.15) is 18.4 Å². The van der Waals surface area contributed by atoms with Crippen LogP contribution in [0.1, 0.15) is 49.4 Å². The third-order valence-corrected chi connectivity index (χ3v) is 5.29. The zero-order chi connectivity index (χ0) is 21.5. The lowest BCUT2D eigenvalue weighted by Gasteiger charge is -2.26. The summed E-state index contributed by atoms with van der Waals surface area (Å²) in [7, 11) is 0. The predicted octanol–water partition coefficient (Wildman–Crippen LogP) is 4.37. The highest BCUT2D eigenvalue weighted by Gasteiger charge is 2.35. The lowest BCUT2D eigenvalue weighted by Crippen LogP contribution is -2.46. The van der Waals surface area contributed by atoms with Gasteiger partial charge in [0.05, 0.1) is 12.6 Å². The fourth-order valence-electron chi connectivity index (χ4n) is 3.74. The monoisotopic (exact) mass is 410 g/mol. The quantitative estimate of drug-likeness (QED) is 0.736. The van der Waals surface area contributed by atoms with Gasteiger partial charge in [-0.3, -0.25) is 9.69 Å². The van der Waals surface area contributed by atoms with Crippen LogP contribution in [-0.4, -0.2) is 36.1 Å². The van der Waals surface area contributed by atoms with Crippen molar-refractivity contribution in [2.75, 3.05) is 13.2 Å². The van der Waals surface area contributed by atoms with Gasteiger partial charge in [0.2, 0.25) is 5.91 Å². The summed E-state index contributed by atoms with van der Waals surface area (Å²) in [5, 5.41) is 3.05. The second-order valence-electron chi connectivity index (χ2n) is 7.60. The van der Waals surface area contributed by atoms with Gasteiger partial charge in [-0.1, -0.05) is 48.0 Å². The normalized spacial score (nSPS) is 16.8. The molecule has 0 aromatic heterocycles. The summed E-state index contributed by atoms with van der Waals surface area (Å²) in [4.78, 5) is 27.1. The van der Waals surface area contributed by atoms with Crippen LogP contribution in [0, 0.1) is 6.92 Å². The van der Waals surface area contributed by atoms with E-state index in [1.807, 2.05) is 69.3 Å². The number of aryl methyl sites for hydroxylation is 1. The van der Waals surface area contributed by atoms with Crippen LogP contribution in [0.25, 0.3) is 0 Å². The number of hydrogen-bond acceptors (Lipinski definition) is 4. The SMILES string of the molecule is CCOc1ccc(C)cc1C(C)NC(=O)C1CCCN1C(=O)OCc1ccccc1. The molecule has 0 aliphatic carbocycles. The molecule has 3 rings (SSSR count). The van der Waals surface area contributed by atoms with E-state index in [1.54, 1.807) is 0 Å². The van der Waals surface area contributed by atoms with Gasteiger partial charge < -0.3 is 14.8 Å². The van der Waals surface area contributed by atoms with Crippen molar-refractivity contribution < 1.29 is 19.1 Å². The molecule has 6 heteroatoms. The van der Waals surface area contributed by atoms with Crippen LogP contribution in [0.5, 0.6) is 5.75 Å². The van der Waals surface area contributed by atoms with E-state index in [4.69, 9.17) is 9.47 Å². The maximum atomic E-state index is 13.0. The second-order valence-corrected chi connectivity index (χ2v) is 7.60. The molecule has 0 radical (unpaired) electrons. The molecule has 2 atom stereocenters. The number of benzene rings is 2. The first-order valence-corrected chi connectivity index (χ1v) is 10.5. The van der Waals surface area contributed by atoms with Crippen molar-refractivity contribution in [3.05, 3.63) is 65.2 Å². The number of carbonyl (C=O) groups excluding carboxylic acids is 2. The molecule has 1 fully saturated rings. The van der Waals surface area contributed by atoms with Crippen LogP contribution in [0.2, 0.25) is 0 Å². The molecule has 1 aliphatic rings. The second kappa shape index (κ2) is 10.1. The van der Waals surface area contributed by atoms with Gasteiger partial charge in [-0.05, 0) is 45.2 Å². The molecular formula is C24H30N2O4. The summed E-state index contributed by atoms with van der Waals surface area (Å²) in [5.74, 6) is 0.599. The summed E-state index contributed by atoms with van der Waals surface area (Å²) in [5.41, 5.74) is 2.95. The van der Waals surface area contributed by atoms with Crippen molar-refractivity contribution in [2.45, 2.75) is 52.3 Å². The Morgan fingerprint density at radius 3 is 2.70 bits per heavy atom. The van der Waals surface area contributed by atoms with E-state index in [9.17, 15) is 9.59 Å². The highest BCUT2D eigenvalue weighted by molar-refractivity contribution is 5.86. The molecule has 1 saturated heterocycles. The maximum Gasteiger partial charge on any atom is 0.410 e. The smallest absolute Gasteiger partial charge is 0.410 e. The zero-order valence-corrected chi connectivity index (χ0v) is 17.9. The molecule has 2 aromatic carbocycles. The lowest BCUT2D eigenvalue weighted by molar-refractivity contribution is -0.125. The average molecular weight is 411 g/mol. The molecule has 1 heterocycles. The van der Waals surface area contributed by atoms with Crippen molar-refractivity contribution in [1.82, 2.24) is 10.2 Å². The number of carbonyl (C=O) groups is 2. The van der Waals surface area contributed by atoms with Gasteiger partial charge in [-0.25, -0.2) is 4.79 Å². The molecule has 2 amide bonds. The number of ether oxygens (including phenoxy) is 2. The number of amides is 2. The summed E-state index contributed by atoms with van der Waals surface area (Å²) < 4.78 is 11.2. The minimum absolute atomic E-state index is 0.166. The fourth-order valence-corrected chi connectivity index (χ4v) is 3.74. The third kappa shape index (κ3) is 5.32. The molecule has 2 unspecified atom stereocenters. The van der Waals surface area contributed by atoms with Gasteiger partial charge in [-0.2, -0.15) is 0 Å². The van der Waals surface area contributed by atoms with Crippen LogP contribution < -0.4 is 10.1 Å². The molecular weight excluding hydrogens is 380 g/mol. The molecule has 0 spiro atoms. The third-order valence-electron chi connectivity index (χ3n) is 5.29. The van der Waals surface area contributed by atoms with E-state index < -0.39 is 12.1 Å². The van der Waals surface area contributed by atoms with E-state index in [0.29, 0.717) is 19.6 Å². The lowest BCUT2D eigenvalue weighted by atomic mass is 10.0. The standard InChI is InChI=1S/C24H30N2O4/c1-4-29-22-13-12-17(2)15-20(22)18(3)25-23(27)21-11-8-14-26(21)24(28)30-16-19-9-6-5-7-10-19/h5-7,9-10,12-13,15,18,21H,4,8,11,14,16H2,1-3H3,(H,25,27). The highest BCUT2D eigenvalue weighted by atomic mass is 16.6. The molecule has 160 valence electrons. The first kappa shape index (κ1) is 21.7. The molecule has 2 aromatic rings. The largest absolute Gasteiger partial charge is 0.494 e. The Balaban J connectivity index is 1.62. The molecule has 30 heavy (non-hydrogen) atoms. The zero-order valence-electron chi connectivity index (χ0n) is 17.9. The Kier molecular flexibility index (Phi) is 7.33. The molecule has 1 N–H and O–H groups in total. The Labute approximate surface area is 178 Å². The van der Waals surface area contributed by atoms with Crippen molar-refractivity contribution in [3.8, 4) is 5.75 Å². The fraction of sp³-hybridized carbons (Fsp3) is 0.417. The number of hydrogen-bond donors (Lipinski definition) is 1. The Hall–Kier alpha value is -3.02. The van der Waals surface area contributed by atoms with Gasteiger partial charge in [0.25, 0.3) is 0 Å². The minimum atomic E-state index is -0.518. The first-order valence-electron chi connectivity index (χ1n) is 10.5. The van der Waals surface area contributed by atoms with Crippen LogP contribution in [-0.2, 0) is 16.1 Å². The van der Waals surface area contributed by atoms with Crippen LogP contribution in [0.4, 0.5) is 4.79 Å². The molecule has 1 aliphatic heterocycles. The number of rotatable bonds is 7. The Bertz CT molecular complexity index is 869. The topological polar surface area (TPSA) is 67.9 Å². The number of likely N-dealkylation sites (tertiary alicyclic amines) is 1. The van der Waals surface area contributed by atoms with Crippen molar-refractivity contribution in [2.24, 2.45) is 0 Å². The van der Waals surface area contributed by atoms with Crippen LogP contribution >= 0.6 is 0 Å². The van der Waals surface area contributed by atoms with Gasteiger partial charge in [0, 0.05) is 12.1 Å². The number of nitrogens with one attached hydrogen (secondary N) is 1. The van der Waals surface area contributed by atoms with Crippen LogP contribution in [0.15, 0.2) is 48.5 Å². The van der Waals surface area contributed by atoms with Gasteiger partial charge in [0.15, 0.2) is 0 Å². The molecule has 0 bridgehead atoms. The highest BCUT2D eigenvalue weighted by Crippen LogP contribution is 2.27.